The summed E-state index contributed by atoms with van der Waals surface area (Å²) in [6.07, 6.45) is 0.678. The lowest BCUT2D eigenvalue weighted by Crippen LogP contribution is -2.45. The SMILES string of the molecule is COC(=O)C(CC(C)C)NCC(C)(O)c1ccccc1. The van der Waals surface area contributed by atoms with Gasteiger partial charge in [-0.15, -0.1) is 0 Å². The summed E-state index contributed by atoms with van der Waals surface area (Å²) in [5, 5.41) is 13.6. The van der Waals surface area contributed by atoms with Crippen LogP contribution >= 0.6 is 0 Å². The van der Waals surface area contributed by atoms with E-state index >= 15 is 0 Å². The molecule has 112 valence electrons. The lowest BCUT2D eigenvalue weighted by atomic mass is 9.95. The van der Waals surface area contributed by atoms with Crippen molar-refractivity contribution in [1.82, 2.24) is 5.32 Å². The van der Waals surface area contributed by atoms with Crippen molar-refractivity contribution in [2.45, 2.75) is 38.8 Å². The van der Waals surface area contributed by atoms with Gasteiger partial charge in [0.05, 0.1) is 12.7 Å². The molecular formula is C16H25NO3. The first-order valence-corrected chi connectivity index (χ1v) is 6.96. The zero-order valence-corrected chi connectivity index (χ0v) is 12.7. The van der Waals surface area contributed by atoms with E-state index < -0.39 is 11.6 Å². The van der Waals surface area contributed by atoms with Crippen molar-refractivity contribution >= 4 is 5.97 Å². The average Bonchev–Trinajstić information content (AvgIpc) is 2.43. The van der Waals surface area contributed by atoms with Gasteiger partial charge in [0.25, 0.3) is 0 Å². The normalized spacial score (nSPS) is 15.7. The van der Waals surface area contributed by atoms with Crippen molar-refractivity contribution in [2.24, 2.45) is 5.92 Å². The van der Waals surface area contributed by atoms with Crippen molar-refractivity contribution in [3.63, 3.8) is 0 Å². The smallest absolute Gasteiger partial charge is 0.322 e. The third-order valence-electron chi connectivity index (χ3n) is 3.28. The molecule has 0 fully saturated rings. The molecule has 0 amide bonds. The summed E-state index contributed by atoms with van der Waals surface area (Å²) in [5.41, 5.74) is -0.203. The molecule has 4 nitrogen and oxygen atoms in total. The van der Waals surface area contributed by atoms with Gasteiger partial charge in [-0.2, -0.15) is 0 Å². The number of carbonyl (C=O) groups is 1. The average molecular weight is 279 g/mol. The van der Waals surface area contributed by atoms with Crippen LogP contribution in [0.3, 0.4) is 0 Å². The highest BCUT2D eigenvalue weighted by Crippen LogP contribution is 2.19. The molecule has 1 aromatic rings. The highest BCUT2D eigenvalue weighted by molar-refractivity contribution is 5.75. The number of nitrogens with one attached hydrogen (secondary N) is 1. The van der Waals surface area contributed by atoms with E-state index in [1.54, 1.807) is 6.92 Å². The van der Waals surface area contributed by atoms with Crippen LogP contribution in [0, 0.1) is 5.92 Å². The number of benzene rings is 1. The zero-order chi connectivity index (χ0) is 15.2. The van der Waals surface area contributed by atoms with E-state index in [2.05, 4.69) is 5.32 Å². The van der Waals surface area contributed by atoms with Gasteiger partial charge in [0, 0.05) is 6.54 Å². The van der Waals surface area contributed by atoms with Gasteiger partial charge < -0.3 is 15.2 Å². The van der Waals surface area contributed by atoms with Gasteiger partial charge in [0.1, 0.15) is 6.04 Å². The molecule has 0 aliphatic carbocycles. The number of esters is 1. The van der Waals surface area contributed by atoms with E-state index in [-0.39, 0.29) is 5.97 Å². The van der Waals surface area contributed by atoms with Crippen LogP contribution < -0.4 is 5.32 Å². The first kappa shape index (κ1) is 16.7. The van der Waals surface area contributed by atoms with Crippen molar-refractivity contribution in [2.75, 3.05) is 13.7 Å². The summed E-state index contributed by atoms with van der Waals surface area (Å²) in [5.74, 6) is 0.0795. The van der Waals surface area contributed by atoms with E-state index in [1.807, 2.05) is 44.2 Å². The minimum Gasteiger partial charge on any atom is -0.468 e. The Bertz CT molecular complexity index is 415. The maximum Gasteiger partial charge on any atom is 0.322 e. The minimum atomic E-state index is -1.02. The Morgan fingerprint density at radius 2 is 1.95 bits per heavy atom. The minimum absolute atomic E-state index is 0.289. The van der Waals surface area contributed by atoms with Gasteiger partial charge >= 0.3 is 5.97 Å². The van der Waals surface area contributed by atoms with Crippen molar-refractivity contribution < 1.29 is 14.6 Å². The molecule has 0 bridgehead atoms. The van der Waals surface area contributed by atoms with Crippen LogP contribution in [-0.4, -0.2) is 30.8 Å². The number of aliphatic hydroxyl groups is 1. The Kier molecular flexibility index (Phi) is 6.17. The standard InChI is InChI=1S/C16H25NO3/c1-12(2)10-14(15(18)20-4)17-11-16(3,19)13-8-6-5-7-9-13/h5-9,12,14,17,19H,10-11H2,1-4H3. The maximum absolute atomic E-state index is 11.7. The van der Waals surface area contributed by atoms with Crippen LogP contribution in [0.4, 0.5) is 0 Å². The molecule has 2 atom stereocenters. The molecule has 0 radical (unpaired) electrons. The van der Waals surface area contributed by atoms with Gasteiger partial charge in [-0.05, 0) is 24.8 Å². The Balaban J connectivity index is 2.68. The van der Waals surface area contributed by atoms with Crippen LogP contribution in [0.5, 0.6) is 0 Å². The zero-order valence-electron chi connectivity index (χ0n) is 12.7. The molecule has 1 aromatic carbocycles. The summed E-state index contributed by atoms with van der Waals surface area (Å²) < 4.78 is 4.80. The predicted octanol–water partition coefficient (Wildman–Crippen LogP) is 2.07. The number of rotatable bonds is 7. The van der Waals surface area contributed by atoms with Crippen LogP contribution in [0.2, 0.25) is 0 Å². The number of hydrogen-bond acceptors (Lipinski definition) is 4. The van der Waals surface area contributed by atoms with Gasteiger partial charge in [-0.1, -0.05) is 44.2 Å². The molecule has 1 rings (SSSR count). The third kappa shape index (κ3) is 4.94. The predicted molar refractivity (Wildman–Crippen MR) is 79.3 cm³/mol. The molecular weight excluding hydrogens is 254 g/mol. The summed E-state index contributed by atoms with van der Waals surface area (Å²) >= 11 is 0. The Morgan fingerprint density at radius 3 is 2.45 bits per heavy atom. The number of methoxy groups -OCH3 is 1. The van der Waals surface area contributed by atoms with E-state index in [0.717, 1.165) is 5.56 Å². The van der Waals surface area contributed by atoms with Gasteiger partial charge in [-0.25, -0.2) is 0 Å². The fourth-order valence-corrected chi connectivity index (χ4v) is 2.10. The summed E-state index contributed by atoms with van der Waals surface area (Å²) in [4.78, 5) is 11.7. The van der Waals surface area contributed by atoms with Crippen molar-refractivity contribution in [3.05, 3.63) is 35.9 Å². The Hall–Kier alpha value is -1.39. The number of ether oxygens (including phenoxy) is 1. The molecule has 4 heteroatoms. The molecule has 2 unspecified atom stereocenters. The molecule has 20 heavy (non-hydrogen) atoms. The molecule has 0 aliphatic heterocycles. The van der Waals surface area contributed by atoms with Crippen LogP contribution in [0.25, 0.3) is 0 Å². The molecule has 0 saturated heterocycles. The fourth-order valence-electron chi connectivity index (χ4n) is 2.10. The van der Waals surface area contributed by atoms with E-state index in [9.17, 15) is 9.90 Å². The fraction of sp³-hybridized carbons (Fsp3) is 0.562. The monoisotopic (exact) mass is 279 g/mol. The second kappa shape index (κ2) is 7.41. The molecule has 0 aliphatic rings. The Labute approximate surface area is 121 Å². The van der Waals surface area contributed by atoms with Crippen molar-refractivity contribution in [1.29, 1.82) is 0 Å². The van der Waals surface area contributed by atoms with Gasteiger partial charge in [0.2, 0.25) is 0 Å². The quantitative estimate of drug-likeness (QED) is 0.750. The maximum atomic E-state index is 11.7. The number of hydrogen-bond donors (Lipinski definition) is 2. The summed E-state index contributed by atoms with van der Waals surface area (Å²) in [6.45, 7) is 6.13. The first-order valence-electron chi connectivity index (χ1n) is 6.96. The lowest BCUT2D eigenvalue weighted by molar-refractivity contribution is -0.143. The highest BCUT2D eigenvalue weighted by Gasteiger charge is 2.27. The molecule has 0 spiro atoms. The van der Waals surface area contributed by atoms with Crippen molar-refractivity contribution in [3.8, 4) is 0 Å². The molecule has 2 N–H and O–H groups in total. The number of carbonyl (C=O) groups excluding carboxylic acids is 1. The second-order valence-corrected chi connectivity index (χ2v) is 5.73. The summed E-state index contributed by atoms with van der Waals surface area (Å²) in [6, 6.07) is 9.03. The van der Waals surface area contributed by atoms with Crippen LogP contribution in [0.1, 0.15) is 32.8 Å². The highest BCUT2D eigenvalue weighted by atomic mass is 16.5. The largest absolute Gasteiger partial charge is 0.468 e. The second-order valence-electron chi connectivity index (χ2n) is 5.73. The lowest BCUT2D eigenvalue weighted by Gasteiger charge is -2.27. The van der Waals surface area contributed by atoms with Gasteiger partial charge in [-0.3, -0.25) is 4.79 Å². The third-order valence-corrected chi connectivity index (χ3v) is 3.28. The molecule has 0 aromatic heterocycles. The molecule has 0 heterocycles. The van der Waals surface area contributed by atoms with Crippen LogP contribution in [-0.2, 0) is 15.1 Å². The molecule has 0 saturated carbocycles. The topological polar surface area (TPSA) is 58.6 Å². The van der Waals surface area contributed by atoms with Crippen LogP contribution in [0.15, 0.2) is 30.3 Å². The van der Waals surface area contributed by atoms with Gasteiger partial charge in [0.15, 0.2) is 0 Å². The van der Waals surface area contributed by atoms with E-state index in [4.69, 9.17) is 4.74 Å². The Morgan fingerprint density at radius 1 is 1.35 bits per heavy atom. The summed E-state index contributed by atoms with van der Waals surface area (Å²) in [7, 11) is 1.38. The van der Waals surface area contributed by atoms with E-state index in [0.29, 0.717) is 18.9 Å². The first-order chi connectivity index (χ1) is 9.36. The van der Waals surface area contributed by atoms with E-state index in [1.165, 1.54) is 7.11 Å².